The fourth-order valence-corrected chi connectivity index (χ4v) is 20.7. The summed E-state index contributed by atoms with van der Waals surface area (Å²) in [4.78, 5) is 108. The van der Waals surface area contributed by atoms with Crippen LogP contribution < -0.4 is 14.7 Å². The van der Waals surface area contributed by atoms with Crippen molar-refractivity contribution in [2.24, 2.45) is 0 Å². The van der Waals surface area contributed by atoms with Gasteiger partial charge in [0.2, 0.25) is 0 Å². The number of carbonyl (C=O) groups excluding carboxylic acids is 6. The third-order valence-corrected chi connectivity index (χ3v) is 27.2. The molecule has 686 valence electrons. The van der Waals surface area contributed by atoms with Crippen molar-refractivity contribution in [1.29, 1.82) is 15.8 Å². The highest BCUT2D eigenvalue weighted by Crippen LogP contribution is 2.50. The fourth-order valence-electron chi connectivity index (χ4n) is 20.7. The van der Waals surface area contributed by atoms with Crippen molar-refractivity contribution < 1.29 is 28.8 Å². The van der Waals surface area contributed by atoms with Crippen LogP contribution in [-0.2, 0) is 0 Å². The molecule has 20 heteroatoms. The minimum absolute atomic E-state index is 0.214. The smallest absolute Gasteiger partial charge is 0.268 e. The average Bonchev–Trinajstić information content (AvgIpc) is 1.55. The van der Waals surface area contributed by atoms with E-state index >= 15 is 0 Å². The average molecular weight is 1900 g/mol. The summed E-state index contributed by atoms with van der Waals surface area (Å²) in [5.74, 6) is -2.46. The van der Waals surface area contributed by atoms with Gasteiger partial charge in [0.1, 0.15) is 0 Å². The van der Waals surface area contributed by atoms with Gasteiger partial charge in [-0.25, -0.2) is 38.9 Å². The summed E-state index contributed by atoms with van der Waals surface area (Å²) in [6, 6.07) is 134. The largest absolute Gasteiger partial charge is 0.308 e. The highest BCUT2D eigenvalue weighted by molar-refractivity contribution is 6.38. The molecule has 20 nitrogen and oxygen atoms in total. The first kappa shape index (κ1) is 89.8. The van der Waals surface area contributed by atoms with E-state index in [4.69, 9.17) is 32.9 Å². The summed E-state index contributed by atoms with van der Waals surface area (Å²) in [6.07, 6.45) is 0. The van der Waals surface area contributed by atoms with Gasteiger partial charge in [-0.2, -0.15) is 15.8 Å². The molecule has 0 spiro atoms. The van der Waals surface area contributed by atoms with E-state index in [0.29, 0.717) is 140 Å². The van der Waals surface area contributed by atoms with Crippen LogP contribution in [0.4, 0.5) is 45.5 Å². The van der Waals surface area contributed by atoms with Gasteiger partial charge in [-0.1, -0.05) is 267 Å². The van der Waals surface area contributed by atoms with E-state index in [2.05, 4.69) is 42.4 Å². The Hall–Kier alpha value is -22.1. The van der Waals surface area contributed by atoms with Crippen LogP contribution in [0, 0.1) is 66.9 Å². The van der Waals surface area contributed by atoms with Crippen LogP contribution in [-0.4, -0.2) is 49.1 Å². The first-order valence-electron chi connectivity index (χ1n) is 46.9. The SMILES string of the molecule is [C-]#[N+]c1cc(C#N)cc(-c2cccc3c4cccc(-c5cc(C#N)cc([N+]#[C-])c5)c4n(-c4cccc5c4C(=O)N(c4cccc(-c6ccccc6)c4)C5=O)c23)c1.[C-]#[N+]c1cc(C#N)cc(-c2cccc3c4ccccc4n(-c4cccc5c4C(=O)N(c4cccc(-c6ccccc6)c4)C5=O)c23)c1.[C-]#[N+]c1cc([N+]#[C-])cc(-c2ccc3c4ccccc4n(-c4cccc5c4C(=O)N(c4cccc(-c6ccccc6)c4)C5=O)c3c2)c1. The lowest BCUT2D eigenvalue weighted by Crippen LogP contribution is -2.29. The Balaban J connectivity index is 0.000000123. The molecule has 19 aromatic carbocycles. The van der Waals surface area contributed by atoms with Gasteiger partial charge in [0.05, 0.1) is 152 Å². The molecule has 0 saturated carbocycles. The van der Waals surface area contributed by atoms with Crippen molar-refractivity contribution in [1.82, 2.24) is 13.7 Å². The summed E-state index contributed by atoms with van der Waals surface area (Å²) in [5, 5.41) is 35.1. The number of nitrogens with zero attached hydrogens (tertiary/aromatic N) is 14. The standard InChI is InChI=1S/C48H24N6O2.2C40H22N4O2/c1-51-35-22-29(27-49)20-33(24-35)38-14-7-16-40-41-17-8-15-39(34-21-30(28-50)23-36(25-34)52-2)46(41)54(45(38)40)43-19-9-18-42-44(43)48(56)53(47(42)55)37-13-6-12-32(26-37)31-10-4-3-5-11-31;1-41-29-20-28(21-30(24-29)42-2)27-18-19-33-32-14-6-7-16-35(32)44(37(33)23-27)36-17-9-15-34-38(36)40(46)43(39(34)45)31-13-8-12-26(22-31)25-10-4-3-5-11-25;1-42-29-21-25(24-41)20-28(22-29)31-15-8-16-33-32-14-5-6-18-35(32)44(38(31)33)36-19-9-17-34-37(36)40(46)43(39(34)45)30-13-7-12-27(23-30)26-10-3-2-4-11-26/h3-26H;3-24H;2-23H. The van der Waals surface area contributed by atoms with E-state index < -0.39 is 17.7 Å². The maximum Gasteiger partial charge on any atom is 0.268 e. The third kappa shape index (κ3) is 15.2. The molecular weight excluding hydrogens is 1830 g/mol. The Kier molecular flexibility index (Phi) is 22.4. The summed E-state index contributed by atoms with van der Waals surface area (Å²) in [7, 11) is 0. The molecule has 25 rings (SSSR count). The van der Waals surface area contributed by atoms with Gasteiger partial charge in [-0.15, -0.1) is 0 Å². The molecule has 3 aromatic heterocycles. The van der Waals surface area contributed by atoms with Crippen molar-refractivity contribution in [2.45, 2.75) is 0 Å². The number of nitriles is 3. The fraction of sp³-hybridized carbons (Fsp3) is 0. The Bertz CT molecular complexity index is 9710. The predicted molar refractivity (Wildman–Crippen MR) is 579 cm³/mol. The highest BCUT2D eigenvalue weighted by atomic mass is 16.2. The van der Waals surface area contributed by atoms with E-state index in [1.807, 2.05) is 305 Å². The minimum Gasteiger partial charge on any atom is -0.308 e. The van der Waals surface area contributed by atoms with Gasteiger partial charge in [0.15, 0.2) is 28.4 Å². The maximum absolute atomic E-state index is 14.8. The molecule has 0 unspecified atom stereocenters. The second-order valence-electron chi connectivity index (χ2n) is 35.5. The lowest BCUT2D eigenvalue weighted by molar-refractivity contribution is 0.0910. The second kappa shape index (κ2) is 36.9. The van der Waals surface area contributed by atoms with Crippen LogP contribution >= 0.6 is 0 Å². The molecule has 6 amide bonds. The number of fused-ring (bicyclic) bond motifs is 12. The molecule has 0 N–H and O–H groups in total. The molecule has 0 saturated heterocycles. The van der Waals surface area contributed by atoms with Gasteiger partial charge in [-0.3, -0.25) is 28.8 Å². The van der Waals surface area contributed by atoms with Crippen molar-refractivity contribution in [3.63, 3.8) is 0 Å². The van der Waals surface area contributed by atoms with Crippen molar-refractivity contribution in [3.8, 4) is 113 Å². The monoisotopic (exact) mass is 1900 g/mol. The predicted octanol–water partition coefficient (Wildman–Crippen LogP) is 30.8. The van der Waals surface area contributed by atoms with Gasteiger partial charge in [0, 0.05) is 65.7 Å². The number of aromatic nitrogens is 3. The van der Waals surface area contributed by atoms with Gasteiger partial charge < -0.3 is 13.7 Å². The molecule has 0 fully saturated rings. The molecule has 3 aliphatic rings. The van der Waals surface area contributed by atoms with Gasteiger partial charge in [0.25, 0.3) is 35.4 Å². The van der Waals surface area contributed by atoms with E-state index in [9.17, 15) is 44.6 Å². The minimum atomic E-state index is -0.487. The number of carbonyl (C=O) groups is 6. The summed E-state index contributed by atoms with van der Waals surface area (Å²) >= 11 is 0. The number of anilines is 3. The van der Waals surface area contributed by atoms with Crippen LogP contribution in [0.25, 0.3) is 185 Å². The second-order valence-corrected chi connectivity index (χ2v) is 35.5. The van der Waals surface area contributed by atoms with Crippen LogP contribution in [0.3, 0.4) is 0 Å². The summed E-state index contributed by atoms with van der Waals surface area (Å²) in [6.45, 7) is 38.2. The molecule has 0 radical (unpaired) electrons. The number of hydrogen-bond acceptors (Lipinski definition) is 9. The van der Waals surface area contributed by atoms with E-state index in [0.717, 1.165) is 104 Å². The number of benzene rings is 19. The third-order valence-electron chi connectivity index (χ3n) is 27.2. The Morgan fingerprint density at radius 3 is 0.851 bits per heavy atom. The molecule has 0 bridgehead atoms. The first-order valence-corrected chi connectivity index (χ1v) is 46.9. The quantitative estimate of drug-likeness (QED) is 0.0790. The zero-order valence-electron chi connectivity index (χ0n) is 78.0. The highest BCUT2D eigenvalue weighted by Gasteiger charge is 2.44. The molecular formula is C128H68N14O6. The van der Waals surface area contributed by atoms with Crippen LogP contribution in [0.1, 0.15) is 78.8 Å². The molecule has 148 heavy (non-hydrogen) atoms. The number of imide groups is 3. The topological polar surface area (TPSA) is 220 Å². The zero-order chi connectivity index (χ0) is 101. The Morgan fingerprint density at radius 2 is 0.473 bits per heavy atom. The van der Waals surface area contributed by atoms with Gasteiger partial charge >= 0.3 is 0 Å². The molecule has 0 aliphatic carbocycles. The molecule has 3 aliphatic heterocycles. The number of rotatable bonds is 13. The van der Waals surface area contributed by atoms with Crippen molar-refractivity contribution in [2.75, 3.05) is 14.7 Å². The first-order chi connectivity index (χ1) is 72.5. The maximum atomic E-state index is 14.8. The van der Waals surface area contributed by atoms with Crippen molar-refractivity contribution >= 4 is 146 Å². The molecule has 0 atom stereocenters. The van der Waals surface area contributed by atoms with Gasteiger partial charge in [-0.05, 0) is 207 Å². The van der Waals surface area contributed by atoms with Crippen LogP contribution in [0.5, 0.6) is 0 Å². The van der Waals surface area contributed by atoms with Crippen molar-refractivity contribution in [3.05, 3.63) is 520 Å². The lowest BCUT2D eigenvalue weighted by atomic mass is 9.98. The van der Waals surface area contributed by atoms with E-state index in [1.54, 1.807) is 109 Å². The Labute approximate surface area is 846 Å². The van der Waals surface area contributed by atoms with Crippen LogP contribution in [0.15, 0.2) is 413 Å². The van der Waals surface area contributed by atoms with Crippen LogP contribution in [0.2, 0.25) is 0 Å². The van der Waals surface area contributed by atoms with E-state index in [1.165, 1.54) is 26.8 Å². The zero-order valence-corrected chi connectivity index (χ0v) is 78.0. The number of hydrogen-bond donors (Lipinski definition) is 0. The number of para-hydroxylation sites is 5. The normalized spacial score (nSPS) is 12.2. The van der Waals surface area contributed by atoms with E-state index in [-0.39, 0.29) is 28.8 Å². The molecule has 22 aromatic rings. The number of amides is 6. The summed E-state index contributed by atoms with van der Waals surface area (Å²) < 4.78 is 6.04. The summed E-state index contributed by atoms with van der Waals surface area (Å²) in [5.41, 5.74) is 23.8. The molecule has 6 heterocycles. The Morgan fingerprint density at radius 1 is 0.196 bits per heavy atom. The lowest BCUT2D eigenvalue weighted by Gasteiger charge is -2.17.